The molecule has 5 heteroatoms. The number of nitrogens with zero attached hydrogens (tertiary/aromatic N) is 1. The minimum atomic E-state index is -0.347. The molecule has 1 aromatic heterocycles. The van der Waals surface area contributed by atoms with Gasteiger partial charge in [-0.05, 0) is 18.7 Å². The van der Waals surface area contributed by atoms with Crippen LogP contribution in [0.2, 0.25) is 0 Å². The van der Waals surface area contributed by atoms with E-state index >= 15 is 0 Å². The summed E-state index contributed by atoms with van der Waals surface area (Å²) in [6.07, 6.45) is 2.14. The van der Waals surface area contributed by atoms with Gasteiger partial charge in [0, 0.05) is 18.1 Å². The average molecular weight is 260 g/mol. The molecule has 0 aliphatic rings. The molecule has 0 aliphatic heterocycles. The van der Waals surface area contributed by atoms with E-state index in [9.17, 15) is 10.1 Å². The van der Waals surface area contributed by atoms with Crippen molar-refractivity contribution in [2.24, 2.45) is 0 Å². The van der Waals surface area contributed by atoms with Crippen LogP contribution in [0.25, 0.3) is 0 Å². The van der Waals surface area contributed by atoms with Crippen molar-refractivity contribution in [2.75, 3.05) is 6.54 Å². The van der Waals surface area contributed by atoms with Crippen molar-refractivity contribution in [3.8, 4) is 0 Å². The molecule has 0 fully saturated rings. The largest absolute Gasteiger partial charge is 0.468 e. The molecule has 1 heterocycles. The van der Waals surface area contributed by atoms with Gasteiger partial charge in [0.2, 0.25) is 0 Å². The van der Waals surface area contributed by atoms with E-state index in [1.807, 2.05) is 25.1 Å². The van der Waals surface area contributed by atoms with Gasteiger partial charge in [-0.15, -0.1) is 0 Å². The normalized spacial score (nSPS) is 12.3. The van der Waals surface area contributed by atoms with E-state index < -0.39 is 0 Å². The van der Waals surface area contributed by atoms with Crippen molar-refractivity contribution in [3.05, 3.63) is 64.1 Å². The minimum Gasteiger partial charge on any atom is -0.468 e. The lowest BCUT2D eigenvalue weighted by molar-refractivity contribution is -0.385. The molecular weight excluding hydrogens is 244 g/mol. The van der Waals surface area contributed by atoms with E-state index in [2.05, 4.69) is 5.32 Å². The van der Waals surface area contributed by atoms with E-state index in [0.717, 1.165) is 12.3 Å². The summed E-state index contributed by atoms with van der Waals surface area (Å²) in [5, 5.41) is 14.3. The minimum absolute atomic E-state index is 0.0545. The van der Waals surface area contributed by atoms with Gasteiger partial charge < -0.3 is 9.73 Å². The van der Waals surface area contributed by atoms with Crippen LogP contribution < -0.4 is 5.32 Å². The van der Waals surface area contributed by atoms with Gasteiger partial charge >= 0.3 is 0 Å². The van der Waals surface area contributed by atoms with Crippen LogP contribution in [-0.2, 0) is 6.42 Å². The Labute approximate surface area is 111 Å². The lowest BCUT2D eigenvalue weighted by Gasteiger charge is -2.15. The number of nitro groups is 1. The van der Waals surface area contributed by atoms with Crippen LogP contribution in [0.3, 0.4) is 0 Å². The van der Waals surface area contributed by atoms with Crippen LogP contribution in [0.5, 0.6) is 0 Å². The van der Waals surface area contributed by atoms with Crippen LogP contribution in [0.15, 0.2) is 47.1 Å². The van der Waals surface area contributed by atoms with Gasteiger partial charge in [0.05, 0.1) is 17.2 Å². The summed E-state index contributed by atoms with van der Waals surface area (Å²) >= 11 is 0. The maximum Gasteiger partial charge on any atom is 0.272 e. The molecule has 1 aromatic carbocycles. The second-order valence-electron chi connectivity index (χ2n) is 4.22. The summed E-state index contributed by atoms with van der Waals surface area (Å²) in [4.78, 5) is 10.7. The van der Waals surface area contributed by atoms with Gasteiger partial charge in [-0.25, -0.2) is 0 Å². The maximum absolute atomic E-state index is 11.0. The SMILES string of the molecule is CCNC(Cc1ccccc1[N+](=O)[O-])c1ccco1. The van der Waals surface area contributed by atoms with E-state index in [-0.39, 0.29) is 16.7 Å². The van der Waals surface area contributed by atoms with E-state index in [4.69, 9.17) is 4.42 Å². The molecule has 0 radical (unpaired) electrons. The van der Waals surface area contributed by atoms with E-state index in [1.165, 1.54) is 6.07 Å². The fourth-order valence-corrected chi connectivity index (χ4v) is 2.09. The second-order valence-corrected chi connectivity index (χ2v) is 4.22. The van der Waals surface area contributed by atoms with Gasteiger partial charge in [0.25, 0.3) is 5.69 Å². The summed E-state index contributed by atoms with van der Waals surface area (Å²) in [6.45, 7) is 2.77. The molecule has 19 heavy (non-hydrogen) atoms. The molecule has 0 spiro atoms. The Morgan fingerprint density at radius 1 is 1.32 bits per heavy atom. The van der Waals surface area contributed by atoms with Gasteiger partial charge in [0.1, 0.15) is 5.76 Å². The Morgan fingerprint density at radius 2 is 2.11 bits per heavy atom. The highest BCUT2D eigenvalue weighted by Gasteiger charge is 2.19. The highest BCUT2D eigenvalue weighted by atomic mass is 16.6. The molecule has 1 atom stereocenters. The first-order valence-electron chi connectivity index (χ1n) is 6.21. The van der Waals surface area contributed by atoms with Crippen molar-refractivity contribution >= 4 is 5.69 Å². The van der Waals surface area contributed by atoms with Crippen molar-refractivity contribution < 1.29 is 9.34 Å². The van der Waals surface area contributed by atoms with E-state index in [1.54, 1.807) is 18.4 Å². The number of benzene rings is 1. The Morgan fingerprint density at radius 3 is 2.74 bits per heavy atom. The summed E-state index contributed by atoms with van der Waals surface area (Å²) in [6, 6.07) is 10.4. The van der Waals surface area contributed by atoms with Crippen molar-refractivity contribution in [2.45, 2.75) is 19.4 Å². The third-order valence-corrected chi connectivity index (χ3v) is 2.95. The quantitative estimate of drug-likeness (QED) is 0.640. The topological polar surface area (TPSA) is 68.3 Å². The number of hydrogen-bond acceptors (Lipinski definition) is 4. The Hall–Kier alpha value is -2.14. The molecule has 0 aliphatic carbocycles. The third-order valence-electron chi connectivity index (χ3n) is 2.95. The standard InChI is InChI=1S/C14H16N2O3/c1-2-15-12(14-8-5-9-19-14)10-11-6-3-4-7-13(11)16(17)18/h3-9,12,15H,2,10H2,1H3. The molecular formula is C14H16N2O3. The molecule has 0 bridgehead atoms. The first-order chi connectivity index (χ1) is 9.22. The molecule has 2 aromatic rings. The Bertz CT molecular complexity index is 537. The van der Waals surface area contributed by atoms with Crippen LogP contribution >= 0.6 is 0 Å². The zero-order chi connectivity index (χ0) is 13.7. The lowest BCUT2D eigenvalue weighted by atomic mass is 10.0. The number of furan rings is 1. The first kappa shape index (κ1) is 13.3. The predicted molar refractivity (Wildman–Crippen MR) is 71.9 cm³/mol. The molecule has 0 amide bonds. The summed E-state index contributed by atoms with van der Waals surface area (Å²) in [5.41, 5.74) is 0.854. The van der Waals surface area contributed by atoms with E-state index in [0.29, 0.717) is 12.0 Å². The number of nitrogens with one attached hydrogen (secondary N) is 1. The monoisotopic (exact) mass is 260 g/mol. The van der Waals surface area contributed by atoms with Gasteiger partial charge in [-0.2, -0.15) is 0 Å². The van der Waals surface area contributed by atoms with Crippen molar-refractivity contribution in [1.29, 1.82) is 0 Å². The smallest absolute Gasteiger partial charge is 0.272 e. The zero-order valence-corrected chi connectivity index (χ0v) is 10.7. The van der Waals surface area contributed by atoms with Crippen LogP contribution in [0.4, 0.5) is 5.69 Å². The maximum atomic E-state index is 11.0. The molecule has 1 N–H and O–H groups in total. The van der Waals surface area contributed by atoms with Crippen molar-refractivity contribution in [3.63, 3.8) is 0 Å². The average Bonchev–Trinajstić information content (AvgIpc) is 2.92. The van der Waals surface area contributed by atoms with Crippen LogP contribution in [0, 0.1) is 10.1 Å². The third kappa shape index (κ3) is 3.20. The van der Waals surface area contributed by atoms with Gasteiger partial charge in [-0.3, -0.25) is 10.1 Å². The molecule has 0 saturated carbocycles. The summed E-state index contributed by atoms with van der Waals surface area (Å²) in [7, 11) is 0. The molecule has 100 valence electrons. The second kappa shape index (κ2) is 6.15. The van der Waals surface area contributed by atoms with Gasteiger partial charge in [0.15, 0.2) is 0 Å². The Kier molecular flexibility index (Phi) is 4.30. The number of likely N-dealkylation sites (N-methyl/N-ethyl adjacent to an activating group) is 1. The molecule has 1 unspecified atom stereocenters. The number of rotatable bonds is 6. The fourth-order valence-electron chi connectivity index (χ4n) is 2.09. The number of hydrogen-bond donors (Lipinski definition) is 1. The van der Waals surface area contributed by atoms with Crippen LogP contribution in [0.1, 0.15) is 24.3 Å². The predicted octanol–water partition coefficient (Wildman–Crippen LogP) is 3.08. The highest BCUT2D eigenvalue weighted by Crippen LogP contribution is 2.25. The summed E-state index contributed by atoms with van der Waals surface area (Å²) < 4.78 is 5.39. The number of para-hydroxylation sites is 1. The first-order valence-corrected chi connectivity index (χ1v) is 6.21. The molecule has 5 nitrogen and oxygen atoms in total. The van der Waals surface area contributed by atoms with Gasteiger partial charge in [-0.1, -0.05) is 25.1 Å². The fraction of sp³-hybridized carbons (Fsp3) is 0.286. The number of nitro benzene ring substituents is 1. The Balaban J connectivity index is 2.25. The molecule has 2 rings (SSSR count). The van der Waals surface area contributed by atoms with Crippen molar-refractivity contribution in [1.82, 2.24) is 5.32 Å². The zero-order valence-electron chi connectivity index (χ0n) is 10.7. The van der Waals surface area contributed by atoms with Crippen LogP contribution in [-0.4, -0.2) is 11.5 Å². The highest BCUT2D eigenvalue weighted by molar-refractivity contribution is 5.40. The summed E-state index contributed by atoms with van der Waals surface area (Å²) in [5.74, 6) is 0.792. The lowest BCUT2D eigenvalue weighted by Crippen LogP contribution is -2.22. The molecule has 0 saturated heterocycles.